The second-order valence-corrected chi connectivity index (χ2v) is 13.7. The summed E-state index contributed by atoms with van der Waals surface area (Å²) in [5.74, 6) is -0.256. The van der Waals surface area contributed by atoms with E-state index in [4.69, 9.17) is 14.2 Å². The van der Waals surface area contributed by atoms with E-state index < -0.39 is 29.6 Å². The van der Waals surface area contributed by atoms with Gasteiger partial charge in [-0.2, -0.15) is 0 Å². The average Bonchev–Trinajstić information content (AvgIpc) is 3.69. The summed E-state index contributed by atoms with van der Waals surface area (Å²) in [5.41, 5.74) is 0.390. The van der Waals surface area contributed by atoms with Gasteiger partial charge in [0.05, 0.1) is 32.2 Å². The van der Waals surface area contributed by atoms with E-state index in [9.17, 15) is 14.4 Å². The molecule has 3 fully saturated rings. The highest BCUT2D eigenvalue weighted by molar-refractivity contribution is 7.98. The van der Waals surface area contributed by atoms with Crippen LogP contribution in [0.3, 0.4) is 0 Å². The van der Waals surface area contributed by atoms with Gasteiger partial charge in [0, 0.05) is 23.2 Å². The molecule has 2 N–H and O–H groups in total. The molecule has 45 heavy (non-hydrogen) atoms. The second-order valence-electron chi connectivity index (χ2n) is 12.8. The van der Waals surface area contributed by atoms with E-state index in [0.717, 1.165) is 29.7 Å². The lowest BCUT2D eigenvalue weighted by molar-refractivity contribution is -0.141. The third-order valence-electron chi connectivity index (χ3n) is 10.4. The zero-order chi connectivity index (χ0) is 31.9. The Labute approximate surface area is 269 Å². The van der Waals surface area contributed by atoms with Gasteiger partial charge in [-0.05, 0) is 66.8 Å². The molecule has 1 saturated carbocycles. The number of nitrogens with one attached hydrogen (secondary N) is 2. The maximum absolute atomic E-state index is 14.4. The van der Waals surface area contributed by atoms with Crippen LogP contribution in [0.25, 0.3) is 0 Å². The molecule has 0 aromatic heterocycles. The minimum Gasteiger partial charge on any atom is -0.493 e. The molecule has 4 aliphatic rings. The molecule has 10 heteroatoms. The number of benzene rings is 2. The molecule has 1 aliphatic carbocycles. The maximum atomic E-state index is 14.4. The number of hydrogen-bond donors (Lipinski definition) is 2. The first-order chi connectivity index (χ1) is 21.7. The van der Waals surface area contributed by atoms with Crippen molar-refractivity contribution < 1.29 is 28.6 Å². The zero-order valence-corrected chi connectivity index (χ0v) is 27.4. The lowest BCUT2D eigenvalue weighted by Crippen LogP contribution is -2.58. The first-order valence-electron chi connectivity index (χ1n) is 15.8. The SMILES string of the molecule is COc1ccc(CCN2C(=O)[C@@H]3[C@H](C(=O)Nc4cccc(SC)c4)[C@@H]4C=C[C@@]3(O4)[C@@H]2C(=O)N[C@@H]2CCC[C@H](C)[C@H]2C)cc1OC. The van der Waals surface area contributed by atoms with Crippen LogP contribution >= 0.6 is 11.8 Å². The molecule has 3 aliphatic heterocycles. The van der Waals surface area contributed by atoms with Gasteiger partial charge < -0.3 is 29.7 Å². The van der Waals surface area contributed by atoms with Gasteiger partial charge in [0.1, 0.15) is 11.6 Å². The van der Waals surface area contributed by atoms with Gasteiger partial charge in [0.25, 0.3) is 0 Å². The normalized spacial score (nSPS) is 31.5. The van der Waals surface area contributed by atoms with Crippen LogP contribution in [0, 0.1) is 23.7 Å². The lowest BCUT2D eigenvalue weighted by atomic mass is 9.73. The number of carbonyl (C=O) groups excluding carboxylic acids is 3. The quantitative estimate of drug-likeness (QED) is 0.289. The molecule has 2 aromatic rings. The molecule has 240 valence electrons. The summed E-state index contributed by atoms with van der Waals surface area (Å²) in [6, 6.07) is 12.4. The van der Waals surface area contributed by atoms with Gasteiger partial charge in [0.15, 0.2) is 11.5 Å². The Hall–Kier alpha value is -3.50. The van der Waals surface area contributed by atoms with Gasteiger partial charge in [-0.3, -0.25) is 14.4 Å². The Morgan fingerprint density at radius 3 is 2.62 bits per heavy atom. The van der Waals surface area contributed by atoms with Crippen molar-refractivity contribution >= 4 is 35.2 Å². The van der Waals surface area contributed by atoms with Crippen LogP contribution in [0.15, 0.2) is 59.5 Å². The fourth-order valence-electron chi connectivity index (χ4n) is 7.77. The summed E-state index contributed by atoms with van der Waals surface area (Å²) >= 11 is 1.59. The first kappa shape index (κ1) is 31.5. The number of methoxy groups -OCH3 is 2. The number of rotatable bonds is 10. The molecule has 6 rings (SSSR count). The number of nitrogens with zero attached hydrogens (tertiary/aromatic N) is 1. The van der Waals surface area contributed by atoms with E-state index in [1.165, 1.54) is 0 Å². The molecule has 3 heterocycles. The largest absolute Gasteiger partial charge is 0.493 e. The van der Waals surface area contributed by atoms with Crippen LogP contribution in [0.2, 0.25) is 0 Å². The number of carbonyl (C=O) groups is 3. The van der Waals surface area contributed by atoms with Crippen LogP contribution < -0.4 is 20.1 Å². The van der Waals surface area contributed by atoms with E-state index in [1.807, 2.05) is 60.9 Å². The molecule has 0 unspecified atom stereocenters. The van der Waals surface area contributed by atoms with Crippen molar-refractivity contribution in [3.05, 3.63) is 60.2 Å². The maximum Gasteiger partial charge on any atom is 0.246 e. The minimum atomic E-state index is -1.21. The van der Waals surface area contributed by atoms with E-state index in [1.54, 1.807) is 30.9 Å². The molecule has 1 spiro atoms. The van der Waals surface area contributed by atoms with Gasteiger partial charge in [-0.1, -0.05) is 51.0 Å². The van der Waals surface area contributed by atoms with Crippen molar-refractivity contribution in [1.82, 2.24) is 10.2 Å². The molecule has 0 radical (unpaired) electrons. The van der Waals surface area contributed by atoms with Gasteiger partial charge >= 0.3 is 0 Å². The van der Waals surface area contributed by atoms with Crippen LogP contribution in [0.5, 0.6) is 11.5 Å². The minimum absolute atomic E-state index is 0.0184. The number of likely N-dealkylation sites (tertiary alicyclic amines) is 1. The van der Waals surface area contributed by atoms with Gasteiger partial charge in [0.2, 0.25) is 17.7 Å². The Bertz CT molecular complexity index is 1500. The van der Waals surface area contributed by atoms with Crippen molar-refractivity contribution in [3.8, 4) is 11.5 Å². The highest BCUT2D eigenvalue weighted by Gasteiger charge is 2.72. The number of amides is 3. The molecule has 8 atom stereocenters. The summed E-state index contributed by atoms with van der Waals surface area (Å²) in [4.78, 5) is 45.3. The Morgan fingerprint density at radius 2 is 1.87 bits per heavy atom. The van der Waals surface area contributed by atoms with E-state index in [-0.39, 0.29) is 30.3 Å². The predicted octanol–water partition coefficient (Wildman–Crippen LogP) is 4.70. The van der Waals surface area contributed by atoms with E-state index >= 15 is 0 Å². The number of hydrogen-bond acceptors (Lipinski definition) is 7. The van der Waals surface area contributed by atoms with Crippen molar-refractivity contribution in [3.63, 3.8) is 0 Å². The number of fused-ring (bicyclic) bond motifs is 1. The van der Waals surface area contributed by atoms with E-state index in [0.29, 0.717) is 35.4 Å². The third-order valence-corrected chi connectivity index (χ3v) is 11.1. The van der Waals surface area contributed by atoms with Crippen LogP contribution in [0.4, 0.5) is 5.69 Å². The van der Waals surface area contributed by atoms with Crippen molar-refractivity contribution in [2.24, 2.45) is 23.7 Å². The molecular formula is C35H43N3O6S. The fourth-order valence-corrected chi connectivity index (χ4v) is 8.23. The van der Waals surface area contributed by atoms with Crippen LogP contribution in [-0.2, 0) is 25.5 Å². The summed E-state index contributed by atoms with van der Waals surface area (Å²) in [7, 11) is 3.17. The highest BCUT2D eigenvalue weighted by Crippen LogP contribution is 2.55. The highest BCUT2D eigenvalue weighted by atomic mass is 32.2. The zero-order valence-electron chi connectivity index (χ0n) is 26.6. The average molecular weight is 634 g/mol. The lowest BCUT2D eigenvalue weighted by Gasteiger charge is -2.38. The van der Waals surface area contributed by atoms with Crippen LogP contribution in [0.1, 0.15) is 38.7 Å². The monoisotopic (exact) mass is 633 g/mol. The molecule has 9 nitrogen and oxygen atoms in total. The summed E-state index contributed by atoms with van der Waals surface area (Å²) < 4.78 is 17.4. The molecule has 3 amide bonds. The third kappa shape index (κ3) is 5.60. The predicted molar refractivity (Wildman–Crippen MR) is 173 cm³/mol. The molecule has 2 bridgehead atoms. The topological polar surface area (TPSA) is 106 Å². The second kappa shape index (κ2) is 12.7. The molecule has 2 aromatic carbocycles. The fraction of sp³-hybridized carbons (Fsp3) is 0.514. The first-order valence-corrected chi connectivity index (χ1v) is 17.1. The van der Waals surface area contributed by atoms with Crippen molar-refractivity contribution in [1.29, 1.82) is 0 Å². The number of thioether (sulfide) groups is 1. The van der Waals surface area contributed by atoms with Gasteiger partial charge in [-0.15, -0.1) is 11.8 Å². The Kier molecular flexibility index (Phi) is 8.89. The van der Waals surface area contributed by atoms with Crippen LogP contribution in [-0.4, -0.2) is 73.4 Å². The molecule has 2 saturated heterocycles. The molecular weight excluding hydrogens is 590 g/mol. The van der Waals surface area contributed by atoms with Gasteiger partial charge in [-0.25, -0.2) is 0 Å². The number of anilines is 1. The number of ether oxygens (including phenoxy) is 3. The Balaban J connectivity index is 1.30. The van der Waals surface area contributed by atoms with Crippen molar-refractivity contribution in [2.45, 2.75) is 68.2 Å². The van der Waals surface area contributed by atoms with E-state index in [2.05, 4.69) is 24.5 Å². The summed E-state index contributed by atoms with van der Waals surface area (Å²) in [5, 5.41) is 6.35. The summed E-state index contributed by atoms with van der Waals surface area (Å²) in [6.07, 6.45) is 8.70. The standard InChI is InChI=1S/C35H43N3O6S/c1-20-8-6-11-25(21(20)2)37-33(40)31-35-16-14-27(44-35)29(32(39)36-23-9-7-10-24(19-23)45-5)30(35)34(41)38(31)17-15-22-12-13-26(42-3)28(18-22)43-4/h7,9-10,12-14,16,18-21,25,27,29-31H,6,8,11,15,17H2,1-5H3,(H,36,39)(H,37,40)/t20-,21+,25+,27-,29+,30-,31-,35-/m0/s1. The Morgan fingerprint density at radius 1 is 1.07 bits per heavy atom. The summed E-state index contributed by atoms with van der Waals surface area (Å²) in [6.45, 7) is 4.70. The smallest absolute Gasteiger partial charge is 0.246 e. The van der Waals surface area contributed by atoms with Crippen molar-refractivity contribution in [2.75, 3.05) is 32.3 Å².